The van der Waals surface area contributed by atoms with E-state index in [-0.39, 0.29) is 0 Å². The number of hydrogen-bond donors (Lipinski definition) is 0. The molecule has 0 radical (unpaired) electrons. The van der Waals surface area contributed by atoms with Gasteiger partial charge in [0.25, 0.3) is 0 Å². The zero-order chi connectivity index (χ0) is 16.3. The topological polar surface area (TPSA) is 43.2 Å². The van der Waals surface area contributed by atoms with Crippen molar-refractivity contribution in [1.82, 2.24) is 14.5 Å². The van der Waals surface area contributed by atoms with Crippen LogP contribution in [-0.2, 0) is 17.9 Å². The van der Waals surface area contributed by atoms with Crippen molar-refractivity contribution in [3.8, 4) is 0 Å². The van der Waals surface area contributed by atoms with Gasteiger partial charge in [0.2, 0.25) is 0 Å². The van der Waals surface area contributed by atoms with Gasteiger partial charge < -0.3 is 14.2 Å². The van der Waals surface area contributed by atoms with Gasteiger partial charge in [-0.1, -0.05) is 26.6 Å². The monoisotopic (exact) mass is 320 g/mol. The minimum Gasteiger partial charge on any atom is -0.362 e. The van der Waals surface area contributed by atoms with E-state index in [1.54, 1.807) is 6.33 Å². The van der Waals surface area contributed by atoms with E-state index in [2.05, 4.69) is 47.3 Å². The fraction of sp³-hybridized carbons (Fsp3) is 0.625. The van der Waals surface area contributed by atoms with Crippen molar-refractivity contribution >= 4 is 24.9 Å². The average molecular weight is 321 g/mol. The maximum Gasteiger partial charge on any atom is 0.147 e. The van der Waals surface area contributed by atoms with Crippen molar-refractivity contribution in [2.24, 2.45) is 0 Å². The Bertz CT molecular complexity index is 631. The molecular formula is C16H28N4OSi. The number of hydrogen-bond acceptors (Lipinski definition) is 4. The van der Waals surface area contributed by atoms with E-state index in [0.29, 0.717) is 6.73 Å². The minimum atomic E-state index is -1.04. The molecule has 0 saturated heterocycles. The Hall–Kier alpha value is -1.40. The molecule has 2 rings (SSSR count). The first-order valence-electron chi connectivity index (χ1n) is 7.91. The summed E-state index contributed by atoms with van der Waals surface area (Å²) in [5, 5.41) is 1.14. The molecular weight excluding hydrogens is 292 g/mol. The fourth-order valence-corrected chi connectivity index (χ4v) is 3.19. The van der Waals surface area contributed by atoms with Gasteiger partial charge in [-0.25, -0.2) is 9.97 Å². The quantitative estimate of drug-likeness (QED) is 0.579. The number of anilines is 1. The van der Waals surface area contributed by atoms with Crippen molar-refractivity contribution in [1.29, 1.82) is 0 Å². The van der Waals surface area contributed by atoms with Gasteiger partial charge in [0.1, 0.15) is 24.5 Å². The maximum absolute atomic E-state index is 5.89. The van der Waals surface area contributed by atoms with Crippen molar-refractivity contribution < 1.29 is 4.74 Å². The van der Waals surface area contributed by atoms with E-state index < -0.39 is 8.07 Å². The van der Waals surface area contributed by atoms with E-state index in [9.17, 15) is 0 Å². The summed E-state index contributed by atoms with van der Waals surface area (Å²) < 4.78 is 7.99. The zero-order valence-corrected chi connectivity index (χ0v) is 15.7. The Balaban J connectivity index is 2.22. The van der Waals surface area contributed by atoms with Gasteiger partial charge in [0.15, 0.2) is 0 Å². The number of ether oxygens (including phenoxy) is 1. The largest absolute Gasteiger partial charge is 0.362 e. The fourth-order valence-electron chi connectivity index (χ4n) is 2.43. The molecule has 122 valence electrons. The standard InChI is InChI=1S/C16H28N4OSi/c1-7-13-10-20(12-21-8-9-22(4,5)6)16-14(13)15(19(2)3)17-11-18-16/h10-11H,7-9,12H2,1-6H3. The second kappa shape index (κ2) is 6.79. The summed E-state index contributed by atoms with van der Waals surface area (Å²) in [6.45, 7) is 10.7. The molecule has 0 aliphatic carbocycles. The first-order chi connectivity index (χ1) is 10.3. The van der Waals surface area contributed by atoms with Crippen LogP contribution in [0.4, 0.5) is 5.82 Å². The predicted molar refractivity (Wildman–Crippen MR) is 95.3 cm³/mol. The molecule has 0 aliphatic rings. The van der Waals surface area contributed by atoms with Crippen molar-refractivity contribution in [3.63, 3.8) is 0 Å². The summed E-state index contributed by atoms with van der Waals surface area (Å²) in [6, 6.07) is 1.19. The third-order valence-electron chi connectivity index (χ3n) is 3.74. The molecule has 0 spiro atoms. The summed E-state index contributed by atoms with van der Waals surface area (Å²) in [4.78, 5) is 10.9. The summed E-state index contributed by atoms with van der Waals surface area (Å²) >= 11 is 0. The predicted octanol–water partition coefficient (Wildman–Crippen LogP) is 3.37. The van der Waals surface area contributed by atoms with Crippen LogP contribution >= 0.6 is 0 Å². The van der Waals surface area contributed by atoms with Crippen LogP contribution in [0.5, 0.6) is 0 Å². The highest BCUT2D eigenvalue weighted by atomic mass is 28.3. The van der Waals surface area contributed by atoms with Crippen molar-refractivity contribution in [2.75, 3.05) is 25.6 Å². The highest BCUT2D eigenvalue weighted by molar-refractivity contribution is 6.76. The lowest BCUT2D eigenvalue weighted by Crippen LogP contribution is -2.22. The minimum absolute atomic E-state index is 0.560. The Labute approximate surface area is 134 Å². The highest BCUT2D eigenvalue weighted by Gasteiger charge is 2.16. The van der Waals surface area contributed by atoms with Gasteiger partial charge in [-0.2, -0.15) is 0 Å². The van der Waals surface area contributed by atoms with Crippen molar-refractivity contribution in [2.45, 2.75) is 45.8 Å². The summed E-state index contributed by atoms with van der Waals surface area (Å²) in [5.74, 6) is 0.975. The van der Waals surface area contributed by atoms with Gasteiger partial charge >= 0.3 is 0 Å². The molecule has 0 unspecified atom stereocenters. The second-order valence-corrected chi connectivity index (χ2v) is 12.7. The number of rotatable bonds is 7. The molecule has 2 heterocycles. The van der Waals surface area contributed by atoms with Crippen LogP contribution in [0.3, 0.4) is 0 Å². The summed E-state index contributed by atoms with van der Waals surface area (Å²) in [5.41, 5.74) is 2.23. The number of aromatic nitrogens is 3. The van der Waals surface area contributed by atoms with Crippen LogP contribution in [0.15, 0.2) is 12.5 Å². The van der Waals surface area contributed by atoms with Crippen LogP contribution in [0.1, 0.15) is 12.5 Å². The zero-order valence-electron chi connectivity index (χ0n) is 14.7. The van der Waals surface area contributed by atoms with Crippen LogP contribution in [0, 0.1) is 0 Å². The molecule has 5 nitrogen and oxygen atoms in total. The van der Waals surface area contributed by atoms with Crippen LogP contribution in [0.25, 0.3) is 11.0 Å². The molecule has 0 bridgehead atoms. The lowest BCUT2D eigenvalue weighted by atomic mass is 10.2. The third-order valence-corrected chi connectivity index (χ3v) is 5.45. The molecule has 0 aromatic carbocycles. The smallest absolute Gasteiger partial charge is 0.147 e. The molecule has 0 N–H and O–H groups in total. The molecule has 2 aromatic rings. The SMILES string of the molecule is CCc1cn(COCC[Si](C)(C)C)c2ncnc(N(C)C)c12. The van der Waals surface area contributed by atoms with E-state index in [1.807, 2.05) is 19.0 Å². The van der Waals surface area contributed by atoms with Crippen LogP contribution in [0.2, 0.25) is 25.7 Å². The van der Waals surface area contributed by atoms with E-state index in [4.69, 9.17) is 4.74 Å². The molecule has 22 heavy (non-hydrogen) atoms. The Kier molecular flexibility index (Phi) is 5.23. The third kappa shape index (κ3) is 3.87. The normalized spacial score (nSPS) is 12.1. The Morgan fingerprint density at radius 1 is 1.23 bits per heavy atom. The molecule has 6 heteroatoms. The lowest BCUT2D eigenvalue weighted by Gasteiger charge is -2.16. The Morgan fingerprint density at radius 2 is 1.95 bits per heavy atom. The van der Waals surface area contributed by atoms with E-state index in [0.717, 1.165) is 29.9 Å². The van der Waals surface area contributed by atoms with Crippen LogP contribution in [-0.4, -0.2) is 43.3 Å². The first kappa shape index (κ1) is 17.0. The van der Waals surface area contributed by atoms with Gasteiger partial charge in [0.05, 0.1) is 5.39 Å². The number of aryl methyl sites for hydroxylation is 1. The van der Waals surface area contributed by atoms with E-state index in [1.165, 1.54) is 11.6 Å². The molecule has 0 amide bonds. The van der Waals surface area contributed by atoms with Gasteiger partial charge in [-0.15, -0.1) is 0 Å². The number of fused-ring (bicyclic) bond motifs is 1. The van der Waals surface area contributed by atoms with Gasteiger partial charge in [0, 0.05) is 35.0 Å². The van der Waals surface area contributed by atoms with Gasteiger partial charge in [-0.05, 0) is 18.0 Å². The van der Waals surface area contributed by atoms with Crippen molar-refractivity contribution in [3.05, 3.63) is 18.1 Å². The highest BCUT2D eigenvalue weighted by Crippen LogP contribution is 2.27. The molecule has 0 atom stereocenters. The summed E-state index contributed by atoms with van der Waals surface area (Å²) in [6.07, 6.45) is 4.75. The lowest BCUT2D eigenvalue weighted by molar-refractivity contribution is 0.0898. The molecule has 0 aliphatic heterocycles. The van der Waals surface area contributed by atoms with Gasteiger partial charge in [-0.3, -0.25) is 0 Å². The molecule has 0 saturated carbocycles. The second-order valence-electron chi connectivity index (χ2n) is 7.12. The average Bonchev–Trinajstić information content (AvgIpc) is 2.80. The first-order valence-corrected chi connectivity index (χ1v) is 11.6. The van der Waals surface area contributed by atoms with E-state index >= 15 is 0 Å². The summed E-state index contributed by atoms with van der Waals surface area (Å²) in [7, 11) is 2.99. The Morgan fingerprint density at radius 3 is 2.55 bits per heavy atom. The van der Waals surface area contributed by atoms with Crippen LogP contribution < -0.4 is 4.90 Å². The molecule has 2 aromatic heterocycles. The molecule has 0 fully saturated rings. The number of nitrogens with zero attached hydrogens (tertiary/aromatic N) is 4. The maximum atomic E-state index is 5.89.